The van der Waals surface area contributed by atoms with E-state index >= 15 is 0 Å². The quantitative estimate of drug-likeness (QED) is 0.275. The molecule has 0 heterocycles. The largest absolute Gasteiger partial charge is 0.396 e. The Hall–Kier alpha value is -0.240. The van der Waals surface area contributed by atoms with Crippen LogP contribution in [0.15, 0.2) is 0 Å². The van der Waals surface area contributed by atoms with Gasteiger partial charge in [-0.05, 0) is 25.7 Å². The molecule has 0 unspecified atom stereocenters. The molecule has 0 aliphatic heterocycles. The third-order valence-corrected chi connectivity index (χ3v) is 2.98. The van der Waals surface area contributed by atoms with Crippen molar-refractivity contribution in [2.45, 2.75) is 69.5 Å². The Morgan fingerprint density at radius 2 is 1.22 bits per heavy atom. The van der Waals surface area contributed by atoms with Crippen LogP contribution in [0.2, 0.25) is 0 Å². The number of unbranched alkanes of at least 4 members (excludes halogenated alkanes) is 1. The second kappa shape index (κ2) is 9.66. The van der Waals surface area contributed by atoms with E-state index in [1.165, 1.54) is 0 Å². The van der Waals surface area contributed by atoms with Gasteiger partial charge in [-0.15, -0.1) is 0 Å². The van der Waals surface area contributed by atoms with Gasteiger partial charge in [-0.1, -0.05) is 13.3 Å². The predicted molar refractivity (Wildman–Crippen MR) is 65.9 cm³/mol. The molecule has 0 rings (SSSR count). The lowest BCUT2D eigenvalue weighted by Crippen LogP contribution is -2.49. The molecular weight excluding hydrogens is 240 g/mol. The summed E-state index contributed by atoms with van der Waals surface area (Å²) in [7, 11) is 0. The molecule has 0 aromatic rings. The van der Waals surface area contributed by atoms with Crippen molar-refractivity contribution in [1.29, 1.82) is 0 Å². The number of hydrogen-bond donors (Lipinski definition) is 6. The maximum absolute atomic E-state index is 9.64. The molecular formula is C12H26O6. The van der Waals surface area contributed by atoms with Crippen molar-refractivity contribution < 1.29 is 30.6 Å². The van der Waals surface area contributed by atoms with Crippen LogP contribution in [-0.2, 0) is 0 Å². The van der Waals surface area contributed by atoms with Gasteiger partial charge in [-0.25, -0.2) is 0 Å². The molecule has 0 bridgehead atoms. The van der Waals surface area contributed by atoms with E-state index in [1.807, 2.05) is 6.92 Å². The van der Waals surface area contributed by atoms with Gasteiger partial charge in [0.1, 0.15) is 18.3 Å². The van der Waals surface area contributed by atoms with E-state index in [4.69, 9.17) is 5.11 Å². The van der Waals surface area contributed by atoms with Crippen molar-refractivity contribution in [3.63, 3.8) is 0 Å². The average Bonchev–Trinajstić information content (AvgIpc) is 2.36. The molecule has 0 saturated carbocycles. The van der Waals surface area contributed by atoms with E-state index in [0.29, 0.717) is 25.7 Å². The first-order valence-electron chi connectivity index (χ1n) is 6.46. The van der Waals surface area contributed by atoms with Crippen molar-refractivity contribution in [2.24, 2.45) is 0 Å². The summed E-state index contributed by atoms with van der Waals surface area (Å²) in [6, 6.07) is 0. The summed E-state index contributed by atoms with van der Waals surface area (Å²) in [6.45, 7) is 1.83. The van der Waals surface area contributed by atoms with Crippen LogP contribution in [-0.4, -0.2) is 67.8 Å². The fraction of sp³-hybridized carbons (Fsp3) is 1.00. The van der Waals surface area contributed by atoms with E-state index in [9.17, 15) is 25.5 Å². The second-order valence-corrected chi connectivity index (χ2v) is 4.61. The van der Waals surface area contributed by atoms with Crippen LogP contribution in [0.1, 0.15) is 39.0 Å². The molecule has 0 aliphatic carbocycles. The summed E-state index contributed by atoms with van der Waals surface area (Å²) < 4.78 is 0. The van der Waals surface area contributed by atoms with Gasteiger partial charge in [0.2, 0.25) is 0 Å². The lowest BCUT2D eigenvalue weighted by Gasteiger charge is -2.29. The first-order valence-corrected chi connectivity index (χ1v) is 6.46. The van der Waals surface area contributed by atoms with Gasteiger partial charge in [0.05, 0.1) is 12.2 Å². The van der Waals surface area contributed by atoms with Gasteiger partial charge < -0.3 is 30.6 Å². The fourth-order valence-corrected chi connectivity index (χ4v) is 1.76. The molecule has 110 valence electrons. The molecule has 0 amide bonds. The predicted octanol–water partition coefficient (Wildman–Crippen LogP) is -1.25. The highest BCUT2D eigenvalue weighted by Crippen LogP contribution is 2.14. The topological polar surface area (TPSA) is 121 Å². The minimum atomic E-state index is -1.59. The molecule has 0 fully saturated rings. The Kier molecular flexibility index (Phi) is 9.53. The van der Waals surface area contributed by atoms with Crippen LogP contribution < -0.4 is 0 Å². The first-order chi connectivity index (χ1) is 8.45. The van der Waals surface area contributed by atoms with Crippen molar-refractivity contribution in [1.82, 2.24) is 0 Å². The Morgan fingerprint density at radius 1 is 0.722 bits per heavy atom. The minimum absolute atomic E-state index is 0.00318. The van der Waals surface area contributed by atoms with Crippen molar-refractivity contribution in [3.05, 3.63) is 0 Å². The van der Waals surface area contributed by atoms with Crippen LogP contribution in [0, 0.1) is 0 Å². The lowest BCUT2D eigenvalue weighted by molar-refractivity contribution is -0.135. The molecule has 0 radical (unpaired) electrons. The number of aliphatic hydroxyl groups is 6. The zero-order valence-corrected chi connectivity index (χ0v) is 10.8. The summed E-state index contributed by atoms with van der Waals surface area (Å²) in [5, 5.41) is 56.5. The molecule has 5 atom stereocenters. The lowest BCUT2D eigenvalue weighted by atomic mass is 9.95. The summed E-state index contributed by atoms with van der Waals surface area (Å²) in [5.74, 6) is 0. The first kappa shape index (κ1) is 17.8. The third-order valence-electron chi connectivity index (χ3n) is 2.98. The van der Waals surface area contributed by atoms with Gasteiger partial charge in [-0.2, -0.15) is 0 Å². The standard InChI is InChI=1S/C12H26O6/c1-2-5-8(14)10(16)12(18)11(17)9(15)6-3-4-7-13/h8-18H,2-7H2,1H3/t8-,9-,10+,11-,12+/m1/s1. The molecule has 18 heavy (non-hydrogen) atoms. The van der Waals surface area contributed by atoms with Gasteiger partial charge >= 0.3 is 0 Å². The highest BCUT2D eigenvalue weighted by molar-refractivity contribution is 4.84. The fourth-order valence-electron chi connectivity index (χ4n) is 1.76. The summed E-state index contributed by atoms with van der Waals surface area (Å²) in [5.41, 5.74) is 0. The zero-order valence-electron chi connectivity index (χ0n) is 10.8. The maximum atomic E-state index is 9.64. The summed E-state index contributed by atoms with van der Waals surface area (Å²) in [4.78, 5) is 0. The van der Waals surface area contributed by atoms with Gasteiger partial charge in [0.15, 0.2) is 0 Å². The van der Waals surface area contributed by atoms with Crippen LogP contribution >= 0.6 is 0 Å². The Morgan fingerprint density at radius 3 is 1.67 bits per heavy atom. The summed E-state index contributed by atoms with van der Waals surface area (Å²) >= 11 is 0. The Labute approximate surface area is 108 Å². The van der Waals surface area contributed by atoms with Crippen molar-refractivity contribution in [2.75, 3.05) is 6.61 Å². The molecule has 0 spiro atoms. The van der Waals surface area contributed by atoms with Crippen LogP contribution in [0.5, 0.6) is 0 Å². The molecule has 0 saturated heterocycles. The van der Waals surface area contributed by atoms with Crippen LogP contribution in [0.25, 0.3) is 0 Å². The summed E-state index contributed by atoms with van der Waals surface area (Å²) in [6.07, 6.45) is -4.70. The number of rotatable bonds is 10. The van der Waals surface area contributed by atoms with E-state index < -0.39 is 30.5 Å². The average molecular weight is 266 g/mol. The molecule has 0 aromatic heterocycles. The van der Waals surface area contributed by atoms with Crippen molar-refractivity contribution >= 4 is 0 Å². The third kappa shape index (κ3) is 6.08. The van der Waals surface area contributed by atoms with E-state index in [0.717, 1.165) is 0 Å². The van der Waals surface area contributed by atoms with Crippen molar-refractivity contribution in [3.8, 4) is 0 Å². The minimum Gasteiger partial charge on any atom is -0.396 e. The Balaban J connectivity index is 4.17. The maximum Gasteiger partial charge on any atom is 0.111 e. The van der Waals surface area contributed by atoms with Gasteiger partial charge in [-0.3, -0.25) is 0 Å². The number of hydrogen-bond acceptors (Lipinski definition) is 6. The zero-order chi connectivity index (χ0) is 14.1. The molecule has 6 N–H and O–H groups in total. The van der Waals surface area contributed by atoms with Gasteiger partial charge in [0.25, 0.3) is 0 Å². The highest BCUT2D eigenvalue weighted by Gasteiger charge is 2.33. The SMILES string of the molecule is CCC[C@@H](O)[C@H](O)[C@H](O)[C@H](O)[C@H](O)CCCCO. The van der Waals surface area contributed by atoms with E-state index in [-0.39, 0.29) is 13.0 Å². The second-order valence-electron chi connectivity index (χ2n) is 4.61. The molecule has 6 heteroatoms. The number of aliphatic hydroxyl groups excluding tert-OH is 6. The van der Waals surface area contributed by atoms with E-state index in [2.05, 4.69) is 0 Å². The molecule has 0 aromatic carbocycles. The van der Waals surface area contributed by atoms with Crippen LogP contribution in [0.3, 0.4) is 0 Å². The molecule has 6 nitrogen and oxygen atoms in total. The highest BCUT2D eigenvalue weighted by atomic mass is 16.4. The Bertz CT molecular complexity index is 201. The van der Waals surface area contributed by atoms with Crippen LogP contribution in [0.4, 0.5) is 0 Å². The van der Waals surface area contributed by atoms with Gasteiger partial charge in [0, 0.05) is 6.61 Å². The smallest absolute Gasteiger partial charge is 0.111 e. The monoisotopic (exact) mass is 266 g/mol. The normalized spacial score (nSPS) is 20.2. The van der Waals surface area contributed by atoms with E-state index in [1.54, 1.807) is 0 Å². The molecule has 0 aliphatic rings.